The van der Waals surface area contributed by atoms with Crippen LogP contribution < -0.4 is 16.2 Å². The quantitative estimate of drug-likeness (QED) is 0.668. The number of halogens is 1. The number of aryl methyl sites for hydroxylation is 1. The first-order valence-corrected chi connectivity index (χ1v) is 6.68. The predicted octanol–water partition coefficient (Wildman–Crippen LogP) is 1.99. The molecule has 2 aromatic rings. The van der Waals surface area contributed by atoms with Crippen LogP contribution in [0.3, 0.4) is 0 Å². The number of aromatic nitrogens is 1. The number of fused-ring (bicyclic) bond motifs is 1. The van der Waals surface area contributed by atoms with Gasteiger partial charge in [-0.25, -0.2) is 15.2 Å². The second kappa shape index (κ2) is 5.49. The van der Waals surface area contributed by atoms with E-state index in [-0.39, 0.29) is 11.7 Å². The summed E-state index contributed by atoms with van der Waals surface area (Å²) in [6, 6.07) is 8.15. The van der Waals surface area contributed by atoms with Gasteiger partial charge in [-0.2, -0.15) is 0 Å². The molecular formula is C15H15FN4O. The fraction of sp³-hybridized carbons (Fsp3) is 0.200. The molecule has 0 atom stereocenters. The van der Waals surface area contributed by atoms with Gasteiger partial charge in [-0.3, -0.25) is 4.79 Å². The van der Waals surface area contributed by atoms with Crippen molar-refractivity contribution in [3.05, 3.63) is 53.5 Å². The third-order valence-corrected chi connectivity index (χ3v) is 3.60. The summed E-state index contributed by atoms with van der Waals surface area (Å²) in [4.78, 5) is 18.0. The molecule has 0 radical (unpaired) electrons. The van der Waals surface area contributed by atoms with E-state index >= 15 is 0 Å². The number of carbonyl (C=O) groups excluding carboxylic acids is 1. The second-order valence-electron chi connectivity index (χ2n) is 4.91. The van der Waals surface area contributed by atoms with E-state index in [1.54, 1.807) is 23.2 Å². The van der Waals surface area contributed by atoms with Crippen molar-refractivity contribution in [3.8, 4) is 0 Å². The van der Waals surface area contributed by atoms with Crippen molar-refractivity contribution in [1.82, 2.24) is 4.98 Å². The van der Waals surface area contributed by atoms with Gasteiger partial charge in [-0.15, -0.1) is 0 Å². The largest absolute Gasteiger partial charge is 0.308 e. The van der Waals surface area contributed by atoms with Crippen molar-refractivity contribution in [1.29, 1.82) is 0 Å². The van der Waals surface area contributed by atoms with Crippen LogP contribution in [0.5, 0.6) is 0 Å². The molecule has 6 heteroatoms. The highest BCUT2D eigenvalue weighted by Gasteiger charge is 2.25. The fourth-order valence-corrected chi connectivity index (χ4v) is 2.57. The zero-order valence-corrected chi connectivity index (χ0v) is 11.3. The van der Waals surface area contributed by atoms with Crippen LogP contribution in [0.2, 0.25) is 0 Å². The molecule has 0 unspecified atom stereocenters. The molecule has 21 heavy (non-hydrogen) atoms. The van der Waals surface area contributed by atoms with Crippen molar-refractivity contribution in [2.24, 2.45) is 5.84 Å². The number of nitrogens with two attached hydrogens (primary N) is 1. The number of hydrogen-bond acceptors (Lipinski definition) is 4. The van der Waals surface area contributed by atoms with Gasteiger partial charge in [-0.05, 0) is 36.2 Å². The Hall–Kier alpha value is -2.47. The summed E-state index contributed by atoms with van der Waals surface area (Å²) in [5.41, 5.74) is 4.93. The van der Waals surface area contributed by atoms with Crippen molar-refractivity contribution < 1.29 is 9.18 Å². The second-order valence-corrected chi connectivity index (χ2v) is 4.91. The summed E-state index contributed by atoms with van der Waals surface area (Å²) in [5.74, 6) is 5.70. The lowest BCUT2D eigenvalue weighted by atomic mass is 10.0. The molecule has 0 aliphatic carbocycles. The van der Waals surface area contributed by atoms with E-state index in [1.807, 2.05) is 6.07 Å². The van der Waals surface area contributed by atoms with Crippen LogP contribution in [-0.2, 0) is 17.8 Å². The van der Waals surface area contributed by atoms with Crippen LogP contribution in [-0.4, -0.2) is 10.9 Å². The van der Waals surface area contributed by atoms with Gasteiger partial charge in [-0.1, -0.05) is 6.07 Å². The molecule has 0 spiro atoms. The summed E-state index contributed by atoms with van der Waals surface area (Å²) in [6.07, 6.45) is 2.57. The molecule has 0 bridgehead atoms. The summed E-state index contributed by atoms with van der Waals surface area (Å²) >= 11 is 0. The van der Waals surface area contributed by atoms with E-state index in [2.05, 4.69) is 10.4 Å². The summed E-state index contributed by atoms with van der Waals surface area (Å²) in [7, 11) is 0. The third kappa shape index (κ3) is 2.57. The SMILES string of the molecule is NNc1ncccc1CN1C(=O)CCc2cc(F)ccc21. The molecule has 0 saturated heterocycles. The first-order valence-electron chi connectivity index (χ1n) is 6.68. The number of hydrazine groups is 1. The number of nitrogens with one attached hydrogen (secondary N) is 1. The van der Waals surface area contributed by atoms with Crippen molar-refractivity contribution >= 4 is 17.4 Å². The van der Waals surface area contributed by atoms with Crippen LogP contribution in [0.15, 0.2) is 36.5 Å². The summed E-state index contributed by atoms with van der Waals surface area (Å²) in [5, 5.41) is 0. The fourth-order valence-electron chi connectivity index (χ4n) is 2.57. The number of nitrogen functional groups attached to an aromatic ring is 1. The minimum Gasteiger partial charge on any atom is -0.308 e. The first-order chi connectivity index (χ1) is 10.2. The van der Waals surface area contributed by atoms with Crippen LogP contribution in [0.1, 0.15) is 17.5 Å². The van der Waals surface area contributed by atoms with Gasteiger partial charge in [0.1, 0.15) is 11.6 Å². The van der Waals surface area contributed by atoms with Gasteiger partial charge in [0.05, 0.1) is 6.54 Å². The lowest BCUT2D eigenvalue weighted by Crippen LogP contribution is -2.35. The number of carbonyl (C=O) groups is 1. The van der Waals surface area contributed by atoms with Gasteiger partial charge < -0.3 is 10.3 Å². The van der Waals surface area contributed by atoms with Crippen LogP contribution in [0, 0.1) is 5.82 Å². The Labute approximate surface area is 121 Å². The lowest BCUT2D eigenvalue weighted by molar-refractivity contribution is -0.119. The number of anilines is 2. The molecule has 5 nitrogen and oxygen atoms in total. The number of rotatable bonds is 3. The van der Waals surface area contributed by atoms with Crippen LogP contribution >= 0.6 is 0 Å². The smallest absolute Gasteiger partial charge is 0.227 e. The molecule has 0 saturated carbocycles. The molecule has 1 aliphatic heterocycles. The van der Waals surface area contributed by atoms with E-state index < -0.39 is 0 Å². The van der Waals surface area contributed by atoms with E-state index in [1.165, 1.54) is 12.1 Å². The number of benzene rings is 1. The van der Waals surface area contributed by atoms with Gasteiger partial charge in [0, 0.05) is 23.9 Å². The maximum absolute atomic E-state index is 13.3. The normalized spacial score (nSPS) is 14.0. The van der Waals surface area contributed by atoms with Crippen LogP contribution in [0.25, 0.3) is 0 Å². The Morgan fingerprint density at radius 1 is 1.33 bits per heavy atom. The maximum atomic E-state index is 13.3. The average Bonchev–Trinajstić information content (AvgIpc) is 2.50. The van der Waals surface area contributed by atoms with E-state index in [4.69, 9.17) is 5.84 Å². The highest BCUT2D eigenvalue weighted by atomic mass is 19.1. The molecule has 3 N–H and O–H groups in total. The average molecular weight is 286 g/mol. The van der Waals surface area contributed by atoms with Crippen molar-refractivity contribution in [2.45, 2.75) is 19.4 Å². The van der Waals surface area contributed by atoms with Crippen LogP contribution in [0.4, 0.5) is 15.9 Å². The maximum Gasteiger partial charge on any atom is 0.227 e. The predicted molar refractivity (Wildman–Crippen MR) is 78.0 cm³/mol. The van der Waals surface area contributed by atoms with Crippen molar-refractivity contribution in [2.75, 3.05) is 10.3 Å². The minimum absolute atomic E-state index is 0.0148. The zero-order valence-electron chi connectivity index (χ0n) is 11.3. The van der Waals surface area contributed by atoms with E-state index in [0.717, 1.165) is 16.8 Å². The van der Waals surface area contributed by atoms with E-state index in [0.29, 0.717) is 25.2 Å². The standard InChI is InChI=1S/C15H15FN4O/c16-12-4-5-13-10(8-12)3-6-14(21)20(13)9-11-2-1-7-18-15(11)19-17/h1-2,4-5,7-8H,3,6,9,17H2,(H,18,19). The topological polar surface area (TPSA) is 71.2 Å². The van der Waals surface area contributed by atoms with Gasteiger partial charge in [0.15, 0.2) is 0 Å². The zero-order chi connectivity index (χ0) is 14.8. The number of amides is 1. The molecule has 3 rings (SSSR count). The van der Waals surface area contributed by atoms with Crippen molar-refractivity contribution in [3.63, 3.8) is 0 Å². The van der Waals surface area contributed by atoms with Gasteiger partial charge in [0.2, 0.25) is 5.91 Å². The Balaban J connectivity index is 1.97. The monoisotopic (exact) mass is 286 g/mol. The molecule has 108 valence electrons. The molecule has 1 aromatic heterocycles. The Kier molecular flexibility index (Phi) is 3.53. The summed E-state index contributed by atoms with van der Waals surface area (Å²) < 4.78 is 13.3. The Morgan fingerprint density at radius 3 is 3.00 bits per heavy atom. The Morgan fingerprint density at radius 2 is 2.19 bits per heavy atom. The van der Waals surface area contributed by atoms with Gasteiger partial charge in [0.25, 0.3) is 0 Å². The first kappa shape index (κ1) is 13.5. The Bertz CT molecular complexity index is 689. The lowest BCUT2D eigenvalue weighted by Gasteiger charge is -2.29. The molecule has 2 heterocycles. The number of nitrogens with zero attached hydrogens (tertiary/aromatic N) is 2. The summed E-state index contributed by atoms with van der Waals surface area (Å²) in [6.45, 7) is 0.352. The highest BCUT2D eigenvalue weighted by Crippen LogP contribution is 2.30. The molecule has 1 aliphatic rings. The van der Waals surface area contributed by atoms with Gasteiger partial charge >= 0.3 is 0 Å². The number of pyridine rings is 1. The highest BCUT2D eigenvalue weighted by molar-refractivity contribution is 5.96. The third-order valence-electron chi connectivity index (χ3n) is 3.60. The molecular weight excluding hydrogens is 271 g/mol. The molecule has 1 amide bonds. The molecule has 0 fully saturated rings. The minimum atomic E-state index is -0.284. The molecule has 1 aromatic carbocycles. The number of hydrogen-bond donors (Lipinski definition) is 2. The van der Waals surface area contributed by atoms with E-state index in [9.17, 15) is 9.18 Å².